The highest BCUT2D eigenvalue weighted by atomic mass is 35.5. The number of hydrogen-bond acceptors (Lipinski definition) is 3. The Morgan fingerprint density at radius 1 is 0.806 bits per heavy atom. The first-order chi connectivity index (χ1) is 13.5. The zero-order chi connectivity index (χ0) is 25.4. The van der Waals surface area contributed by atoms with Crippen LogP contribution in [0.5, 0.6) is 0 Å². The second-order valence-electron chi connectivity index (χ2n) is 5.42. The van der Waals surface area contributed by atoms with Crippen molar-refractivity contribution >= 4 is 34.8 Å². The van der Waals surface area contributed by atoms with Crippen LogP contribution in [0, 0.1) is 0 Å². The molecule has 0 fully saturated rings. The van der Waals surface area contributed by atoms with Crippen LogP contribution in [0.25, 0.3) is 0 Å². The second kappa shape index (κ2) is 9.41. The number of ketones is 2. The number of halogens is 16. The molecule has 0 bridgehead atoms. The summed E-state index contributed by atoms with van der Waals surface area (Å²) in [6, 6.07) is 0. The van der Waals surface area contributed by atoms with E-state index in [2.05, 4.69) is 4.74 Å². The van der Waals surface area contributed by atoms with E-state index in [-0.39, 0.29) is 0 Å². The highest BCUT2D eigenvalue weighted by molar-refractivity contribution is 6.27. The van der Waals surface area contributed by atoms with E-state index in [0.29, 0.717) is 0 Å². The molecule has 0 saturated carbocycles. The zero-order valence-electron chi connectivity index (χ0n) is 13.8. The summed E-state index contributed by atoms with van der Waals surface area (Å²) in [4.78, 5) is 22.1. The topological polar surface area (TPSA) is 43.4 Å². The first-order valence-electron chi connectivity index (χ1n) is 6.97. The van der Waals surface area contributed by atoms with E-state index < -0.39 is 71.6 Å². The number of alkyl halides is 16. The molecule has 0 rings (SSSR count). The van der Waals surface area contributed by atoms with Crippen LogP contribution in [0.3, 0.4) is 0 Å². The summed E-state index contributed by atoms with van der Waals surface area (Å²) < 4.78 is 183. The quantitative estimate of drug-likeness (QED) is 0.292. The molecular formula is C12H6Cl2F14O3. The van der Waals surface area contributed by atoms with Crippen LogP contribution in [-0.2, 0) is 14.3 Å². The van der Waals surface area contributed by atoms with Crippen molar-refractivity contribution < 1.29 is 75.8 Å². The summed E-state index contributed by atoms with van der Waals surface area (Å²) >= 11 is 9.87. The van der Waals surface area contributed by atoms with Crippen LogP contribution >= 0.6 is 23.2 Å². The first kappa shape index (κ1) is 29.9. The molecule has 0 radical (unpaired) electrons. The molecule has 0 N–H and O–H groups in total. The third kappa shape index (κ3) is 6.03. The molecule has 0 aliphatic heterocycles. The van der Waals surface area contributed by atoms with Crippen molar-refractivity contribution in [3.63, 3.8) is 0 Å². The van der Waals surface area contributed by atoms with Gasteiger partial charge in [0, 0.05) is 0 Å². The summed E-state index contributed by atoms with van der Waals surface area (Å²) in [5.41, 5.74) is -2.31. The Balaban J connectivity index is 6.03. The number of hydrogen-bond donors (Lipinski definition) is 0. The van der Waals surface area contributed by atoms with Crippen molar-refractivity contribution in [3.8, 4) is 0 Å². The molecule has 0 aromatic rings. The van der Waals surface area contributed by atoms with Gasteiger partial charge in [-0.1, -0.05) is 11.6 Å². The van der Waals surface area contributed by atoms with Gasteiger partial charge in [0.25, 0.3) is 0 Å². The van der Waals surface area contributed by atoms with Crippen LogP contribution in [0.1, 0.15) is 0 Å². The molecule has 0 amide bonds. The minimum Gasteiger partial charge on any atom is -0.345 e. The highest BCUT2D eigenvalue weighted by Crippen LogP contribution is 2.48. The molecule has 4 atom stereocenters. The Hall–Kier alpha value is -1.10. The maximum Gasteiger partial charge on any atom is 0.460 e. The summed E-state index contributed by atoms with van der Waals surface area (Å²) in [5.74, 6) is -30.9. The van der Waals surface area contributed by atoms with Crippen molar-refractivity contribution in [1.29, 1.82) is 0 Å². The molecule has 19 heteroatoms. The summed E-state index contributed by atoms with van der Waals surface area (Å²) in [6.07, 6.45) is -27.9. The molecule has 4 unspecified atom stereocenters. The molecule has 0 heterocycles. The van der Waals surface area contributed by atoms with Gasteiger partial charge in [0.2, 0.25) is 17.7 Å². The van der Waals surface area contributed by atoms with Crippen molar-refractivity contribution in [1.82, 2.24) is 0 Å². The van der Waals surface area contributed by atoms with Gasteiger partial charge in [0.15, 0.2) is 12.3 Å². The van der Waals surface area contributed by atoms with Crippen molar-refractivity contribution in [2.24, 2.45) is 0 Å². The van der Waals surface area contributed by atoms with Gasteiger partial charge in [-0.2, -0.15) is 52.7 Å². The maximum atomic E-state index is 13.7. The maximum absolute atomic E-state index is 13.7. The molecule has 3 nitrogen and oxygen atoms in total. The predicted molar refractivity (Wildman–Crippen MR) is 72.0 cm³/mol. The van der Waals surface area contributed by atoms with Gasteiger partial charge in [-0.3, -0.25) is 9.59 Å². The standard InChI is InChI=1S/C12H6Cl2F14O3/c13-1-2(14)31-7(10(21,22)23)3(15)5(29)8(17,18)4(16)6(30)9(19,20)11(24,25)12(26,27)28/h2-4,7H,1H2. The Bertz CT molecular complexity index is 662. The monoisotopic (exact) mass is 534 g/mol. The predicted octanol–water partition coefficient (Wildman–Crippen LogP) is 5.02. The highest BCUT2D eigenvalue weighted by Gasteiger charge is 2.78. The molecule has 31 heavy (non-hydrogen) atoms. The van der Waals surface area contributed by atoms with Crippen molar-refractivity contribution in [2.75, 3.05) is 5.88 Å². The van der Waals surface area contributed by atoms with E-state index in [9.17, 15) is 71.1 Å². The van der Waals surface area contributed by atoms with Gasteiger partial charge in [-0.15, -0.1) is 11.6 Å². The normalized spacial score (nSPS) is 18.3. The molecule has 0 aromatic carbocycles. The van der Waals surface area contributed by atoms with E-state index in [4.69, 9.17) is 23.2 Å². The summed E-state index contributed by atoms with van der Waals surface area (Å²) in [6.45, 7) is 0. The Morgan fingerprint density at radius 2 is 1.23 bits per heavy atom. The van der Waals surface area contributed by atoms with Crippen LogP contribution in [-0.4, -0.2) is 71.6 Å². The third-order valence-corrected chi connectivity index (χ3v) is 3.89. The lowest BCUT2D eigenvalue weighted by molar-refractivity contribution is -0.345. The fraction of sp³-hybridized carbons (Fsp3) is 0.833. The lowest BCUT2D eigenvalue weighted by atomic mass is 9.94. The Morgan fingerprint density at radius 3 is 1.55 bits per heavy atom. The smallest absolute Gasteiger partial charge is 0.345 e. The number of ether oxygens (including phenoxy) is 1. The average Bonchev–Trinajstić information content (AvgIpc) is 2.60. The lowest BCUT2D eigenvalue weighted by Gasteiger charge is -2.30. The van der Waals surface area contributed by atoms with Crippen molar-refractivity contribution in [2.45, 2.75) is 54.1 Å². The molecule has 0 aliphatic rings. The van der Waals surface area contributed by atoms with Gasteiger partial charge < -0.3 is 4.74 Å². The van der Waals surface area contributed by atoms with Gasteiger partial charge >= 0.3 is 30.1 Å². The van der Waals surface area contributed by atoms with E-state index in [0.717, 1.165) is 0 Å². The van der Waals surface area contributed by atoms with E-state index in [1.165, 1.54) is 0 Å². The van der Waals surface area contributed by atoms with Gasteiger partial charge in [0.1, 0.15) is 5.56 Å². The fourth-order valence-electron chi connectivity index (χ4n) is 1.61. The van der Waals surface area contributed by atoms with Crippen LogP contribution < -0.4 is 0 Å². The average molecular weight is 535 g/mol. The first-order valence-corrected chi connectivity index (χ1v) is 7.94. The zero-order valence-corrected chi connectivity index (χ0v) is 15.3. The Kier molecular flexibility index (Phi) is 9.07. The van der Waals surface area contributed by atoms with Crippen LogP contribution in [0.4, 0.5) is 61.5 Å². The van der Waals surface area contributed by atoms with Gasteiger partial charge in [-0.05, 0) is 0 Å². The summed E-state index contributed by atoms with van der Waals surface area (Å²) in [5, 5.41) is 0. The minimum absolute atomic E-state index is 1.07. The largest absolute Gasteiger partial charge is 0.460 e. The summed E-state index contributed by atoms with van der Waals surface area (Å²) in [7, 11) is 0. The molecule has 0 aromatic heterocycles. The lowest BCUT2D eigenvalue weighted by Crippen LogP contribution is -2.62. The van der Waals surface area contributed by atoms with Crippen LogP contribution in [0.15, 0.2) is 0 Å². The SMILES string of the molecule is O=C(C(F)C(OC(Cl)CCl)C(F)(F)F)C(F)(F)C(F)C(=O)C(F)(F)C(F)(F)C(F)(F)F. The van der Waals surface area contributed by atoms with Gasteiger partial charge in [0.05, 0.1) is 5.88 Å². The van der Waals surface area contributed by atoms with E-state index in [1.54, 1.807) is 0 Å². The van der Waals surface area contributed by atoms with Crippen molar-refractivity contribution in [3.05, 3.63) is 0 Å². The molecule has 184 valence electrons. The Labute approximate surface area is 171 Å². The molecule has 0 saturated heterocycles. The van der Waals surface area contributed by atoms with Gasteiger partial charge in [-0.25, -0.2) is 8.78 Å². The van der Waals surface area contributed by atoms with E-state index >= 15 is 0 Å². The minimum atomic E-state index is -7.44. The number of carbonyl (C=O) groups is 2. The third-order valence-electron chi connectivity index (χ3n) is 3.19. The number of Topliss-reactive ketones (excluding diaryl/α,β-unsaturated/α-hetero) is 2. The number of carbonyl (C=O) groups excluding carboxylic acids is 2. The molecular weight excluding hydrogens is 529 g/mol. The van der Waals surface area contributed by atoms with Crippen LogP contribution in [0.2, 0.25) is 0 Å². The molecule has 0 aliphatic carbocycles. The number of rotatable bonds is 10. The van der Waals surface area contributed by atoms with E-state index in [1.807, 2.05) is 0 Å². The molecule has 0 spiro atoms. The second-order valence-corrected chi connectivity index (χ2v) is 6.22. The fourth-order valence-corrected chi connectivity index (χ4v) is 1.79.